The number of allylic oxidation sites excluding steroid dienone is 3. The third kappa shape index (κ3) is 5.03. The Morgan fingerprint density at radius 3 is 2.28 bits per heavy atom. The SMILES string of the molecule is COc1ccc([C@H]2CC(=O)C3=C(C2)NC(C)=C(C(=O)OC(C)C)[C@@H]3c2ccc(SC)cc2)cc1OC. The van der Waals surface area contributed by atoms with Crippen LogP contribution >= 0.6 is 11.8 Å². The second-order valence-electron chi connectivity index (χ2n) is 9.36. The highest BCUT2D eigenvalue weighted by Crippen LogP contribution is 2.46. The van der Waals surface area contributed by atoms with Crippen LogP contribution in [0.15, 0.2) is 69.9 Å². The summed E-state index contributed by atoms with van der Waals surface area (Å²) < 4.78 is 16.5. The molecule has 0 bridgehead atoms. The van der Waals surface area contributed by atoms with Gasteiger partial charge in [0.15, 0.2) is 17.3 Å². The number of carbonyl (C=O) groups excluding carboxylic acids is 2. The number of methoxy groups -OCH3 is 2. The molecule has 0 fully saturated rings. The van der Waals surface area contributed by atoms with E-state index in [2.05, 4.69) is 5.32 Å². The van der Waals surface area contributed by atoms with E-state index < -0.39 is 11.9 Å². The molecule has 6 nitrogen and oxygen atoms in total. The molecule has 2 aromatic rings. The van der Waals surface area contributed by atoms with Gasteiger partial charge in [0.2, 0.25) is 0 Å². The standard InChI is InChI=1S/C29H33NO5S/c1-16(2)35-29(32)26-17(3)30-22-13-20(19-9-12-24(33-4)25(15-19)34-5)14-23(31)28(22)27(26)18-7-10-21(36-6)11-8-18/h7-12,15-16,20,27,30H,13-14H2,1-6H3/t20-,27+/m1/s1. The Morgan fingerprint density at radius 1 is 1.00 bits per heavy atom. The monoisotopic (exact) mass is 507 g/mol. The first-order chi connectivity index (χ1) is 17.3. The molecule has 0 saturated carbocycles. The zero-order chi connectivity index (χ0) is 26.0. The number of Topliss-reactive ketones (excluding diaryl/α,β-unsaturated/α-hetero) is 1. The number of hydrogen-bond donors (Lipinski definition) is 1. The molecule has 1 aliphatic carbocycles. The number of nitrogens with one attached hydrogen (secondary N) is 1. The Labute approximate surface area is 217 Å². The van der Waals surface area contributed by atoms with Gasteiger partial charge in [-0.15, -0.1) is 11.8 Å². The van der Waals surface area contributed by atoms with Gasteiger partial charge in [0, 0.05) is 34.2 Å². The summed E-state index contributed by atoms with van der Waals surface area (Å²) >= 11 is 1.65. The number of benzene rings is 2. The second kappa shape index (κ2) is 10.8. The number of rotatable bonds is 7. The molecule has 0 aromatic heterocycles. The van der Waals surface area contributed by atoms with Gasteiger partial charge < -0.3 is 19.5 Å². The highest BCUT2D eigenvalue weighted by Gasteiger charge is 2.41. The minimum atomic E-state index is -0.470. The molecule has 2 aromatic carbocycles. The van der Waals surface area contributed by atoms with Gasteiger partial charge in [-0.3, -0.25) is 4.79 Å². The maximum atomic E-state index is 13.8. The van der Waals surface area contributed by atoms with Crippen LogP contribution in [0.4, 0.5) is 0 Å². The molecule has 190 valence electrons. The molecule has 0 spiro atoms. The predicted octanol–water partition coefficient (Wildman–Crippen LogP) is 5.74. The maximum absolute atomic E-state index is 13.8. The first-order valence-corrected chi connectivity index (χ1v) is 13.3. The van der Waals surface area contributed by atoms with Crippen LogP contribution in [0.3, 0.4) is 0 Å². The van der Waals surface area contributed by atoms with Crippen LogP contribution in [0.2, 0.25) is 0 Å². The van der Waals surface area contributed by atoms with Gasteiger partial charge in [0.25, 0.3) is 0 Å². The highest BCUT2D eigenvalue weighted by molar-refractivity contribution is 7.98. The smallest absolute Gasteiger partial charge is 0.337 e. The predicted molar refractivity (Wildman–Crippen MR) is 142 cm³/mol. The van der Waals surface area contributed by atoms with Crippen molar-refractivity contribution in [2.75, 3.05) is 20.5 Å². The minimum Gasteiger partial charge on any atom is -0.493 e. The number of thioether (sulfide) groups is 1. The fourth-order valence-electron chi connectivity index (χ4n) is 5.06. The summed E-state index contributed by atoms with van der Waals surface area (Å²) in [5.41, 5.74) is 4.67. The topological polar surface area (TPSA) is 73.9 Å². The fraction of sp³-hybridized carbons (Fsp3) is 0.379. The van der Waals surface area contributed by atoms with Crippen LogP contribution in [0.1, 0.15) is 56.6 Å². The molecule has 2 atom stereocenters. The highest BCUT2D eigenvalue weighted by atomic mass is 32.2. The molecule has 1 heterocycles. The van der Waals surface area contributed by atoms with E-state index in [-0.39, 0.29) is 17.8 Å². The second-order valence-corrected chi connectivity index (χ2v) is 10.2. The molecule has 0 amide bonds. The van der Waals surface area contributed by atoms with Gasteiger partial charge in [-0.05, 0) is 74.8 Å². The Bertz CT molecular complexity index is 1230. The zero-order valence-corrected chi connectivity index (χ0v) is 22.5. The van der Waals surface area contributed by atoms with E-state index >= 15 is 0 Å². The lowest BCUT2D eigenvalue weighted by Crippen LogP contribution is -2.36. The van der Waals surface area contributed by atoms with Crippen LogP contribution in [-0.4, -0.2) is 38.3 Å². The molecule has 2 aliphatic rings. The van der Waals surface area contributed by atoms with Crippen molar-refractivity contribution in [3.63, 3.8) is 0 Å². The Kier molecular flexibility index (Phi) is 7.79. The van der Waals surface area contributed by atoms with Crippen molar-refractivity contribution in [2.24, 2.45) is 0 Å². The number of ether oxygens (including phenoxy) is 3. The van der Waals surface area contributed by atoms with Crippen molar-refractivity contribution < 1.29 is 23.8 Å². The van der Waals surface area contributed by atoms with Crippen molar-refractivity contribution in [2.45, 2.75) is 56.4 Å². The maximum Gasteiger partial charge on any atom is 0.337 e. The zero-order valence-electron chi connectivity index (χ0n) is 21.6. The molecule has 0 unspecified atom stereocenters. The Morgan fingerprint density at radius 2 is 1.67 bits per heavy atom. The molecule has 1 N–H and O–H groups in total. The first kappa shape index (κ1) is 25.9. The summed E-state index contributed by atoms with van der Waals surface area (Å²) in [6.45, 7) is 5.54. The van der Waals surface area contributed by atoms with Crippen LogP contribution in [-0.2, 0) is 14.3 Å². The summed E-state index contributed by atoms with van der Waals surface area (Å²) in [5, 5.41) is 3.40. The molecule has 1 aliphatic heterocycles. The van der Waals surface area contributed by atoms with Gasteiger partial charge in [-0.2, -0.15) is 0 Å². The summed E-state index contributed by atoms with van der Waals surface area (Å²) in [7, 11) is 3.21. The van der Waals surface area contributed by atoms with Crippen molar-refractivity contribution in [1.82, 2.24) is 5.32 Å². The molecule has 7 heteroatoms. The van der Waals surface area contributed by atoms with Crippen molar-refractivity contribution >= 4 is 23.5 Å². The van der Waals surface area contributed by atoms with Gasteiger partial charge >= 0.3 is 5.97 Å². The van der Waals surface area contributed by atoms with Gasteiger partial charge in [-0.25, -0.2) is 4.79 Å². The third-order valence-corrected chi connectivity index (χ3v) is 7.46. The van der Waals surface area contributed by atoms with Crippen molar-refractivity contribution in [3.05, 3.63) is 76.1 Å². The number of carbonyl (C=O) groups is 2. The van der Waals surface area contributed by atoms with E-state index in [1.807, 2.05) is 69.5 Å². The van der Waals surface area contributed by atoms with E-state index in [1.54, 1.807) is 26.0 Å². The molecule has 0 radical (unpaired) electrons. The number of hydrogen-bond acceptors (Lipinski definition) is 7. The van der Waals surface area contributed by atoms with E-state index in [4.69, 9.17) is 14.2 Å². The lowest BCUT2D eigenvalue weighted by Gasteiger charge is -2.37. The number of ketones is 1. The summed E-state index contributed by atoms with van der Waals surface area (Å²) in [6.07, 6.45) is 2.76. The van der Waals surface area contributed by atoms with E-state index in [0.29, 0.717) is 35.5 Å². The van der Waals surface area contributed by atoms with Gasteiger partial charge in [0.05, 0.1) is 25.9 Å². The minimum absolute atomic E-state index is 0.0139. The van der Waals surface area contributed by atoms with Gasteiger partial charge in [-0.1, -0.05) is 18.2 Å². The van der Waals surface area contributed by atoms with Crippen LogP contribution < -0.4 is 14.8 Å². The Hall–Kier alpha value is -3.19. The molecular weight excluding hydrogens is 474 g/mol. The summed E-state index contributed by atoms with van der Waals surface area (Å²) in [6, 6.07) is 13.9. The van der Waals surface area contributed by atoms with Crippen LogP contribution in [0, 0.1) is 0 Å². The first-order valence-electron chi connectivity index (χ1n) is 12.1. The van der Waals surface area contributed by atoms with Gasteiger partial charge in [0.1, 0.15) is 0 Å². The summed E-state index contributed by atoms with van der Waals surface area (Å²) in [4.78, 5) is 28.1. The normalized spacial score (nSPS) is 19.7. The Balaban J connectivity index is 1.77. The quantitative estimate of drug-likeness (QED) is 0.378. The van der Waals surface area contributed by atoms with Crippen molar-refractivity contribution in [1.29, 1.82) is 0 Å². The van der Waals surface area contributed by atoms with Crippen LogP contribution in [0.5, 0.6) is 11.5 Å². The van der Waals surface area contributed by atoms with Crippen molar-refractivity contribution in [3.8, 4) is 11.5 Å². The third-order valence-electron chi connectivity index (χ3n) is 6.72. The molecule has 0 saturated heterocycles. The van der Waals surface area contributed by atoms with E-state index in [1.165, 1.54) is 0 Å². The van der Waals surface area contributed by atoms with E-state index in [9.17, 15) is 9.59 Å². The largest absolute Gasteiger partial charge is 0.493 e. The van der Waals surface area contributed by atoms with E-state index in [0.717, 1.165) is 27.4 Å². The molecule has 36 heavy (non-hydrogen) atoms. The average Bonchev–Trinajstić information content (AvgIpc) is 2.86. The lowest BCUT2D eigenvalue weighted by molar-refractivity contribution is -0.143. The lowest BCUT2D eigenvalue weighted by atomic mass is 9.71. The molecule has 4 rings (SSSR count). The fourth-order valence-corrected chi connectivity index (χ4v) is 5.47. The number of esters is 1. The summed E-state index contributed by atoms with van der Waals surface area (Å²) in [5.74, 6) is 0.447. The number of dihydropyridines is 1. The average molecular weight is 508 g/mol. The molecular formula is C29H33NO5S. The van der Waals surface area contributed by atoms with Crippen LogP contribution in [0.25, 0.3) is 0 Å².